The van der Waals surface area contributed by atoms with E-state index in [1.165, 1.54) is 34.0 Å². The summed E-state index contributed by atoms with van der Waals surface area (Å²) in [7, 11) is -3.65. The minimum Gasteiger partial charge on any atom is -0.291 e. The maximum absolute atomic E-state index is 13.4. The monoisotopic (exact) mass is 446 g/mol. The van der Waals surface area contributed by atoms with E-state index in [4.69, 9.17) is 0 Å². The Hall–Kier alpha value is -2.56. The van der Waals surface area contributed by atoms with Crippen LogP contribution in [0.2, 0.25) is 0 Å². The molecule has 7 nitrogen and oxygen atoms in total. The van der Waals surface area contributed by atoms with Crippen LogP contribution in [0.5, 0.6) is 0 Å². The summed E-state index contributed by atoms with van der Waals surface area (Å²) in [5, 5.41) is 0.572. The Morgan fingerprint density at radius 1 is 1.13 bits per heavy atom. The van der Waals surface area contributed by atoms with Gasteiger partial charge in [-0.3, -0.25) is 9.78 Å². The van der Waals surface area contributed by atoms with E-state index in [-0.39, 0.29) is 5.69 Å². The highest BCUT2D eigenvalue weighted by atomic mass is 32.2. The van der Waals surface area contributed by atoms with Gasteiger partial charge in [-0.25, -0.2) is 27.1 Å². The fourth-order valence-corrected chi connectivity index (χ4v) is 5.60. The molecule has 0 aromatic carbocycles. The SMILES string of the molecule is O=C(CS(=O)(=O)N1CCCCC1)c1cccc(-c2cnc(-c3cncc(F)c3)s2)n1. The first-order valence-corrected chi connectivity index (χ1v) is 11.9. The minimum atomic E-state index is -3.65. The molecule has 3 aromatic heterocycles. The van der Waals surface area contributed by atoms with E-state index in [1.54, 1.807) is 18.3 Å². The first-order valence-electron chi connectivity index (χ1n) is 9.47. The number of pyridine rings is 2. The van der Waals surface area contributed by atoms with Crippen molar-refractivity contribution in [3.05, 3.63) is 54.4 Å². The molecular formula is C20H19FN4O3S2. The van der Waals surface area contributed by atoms with Crippen LogP contribution in [0.1, 0.15) is 29.8 Å². The quantitative estimate of drug-likeness (QED) is 0.539. The molecule has 156 valence electrons. The van der Waals surface area contributed by atoms with Crippen molar-refractivity contribution in [1.29, 1.82) is 0 Å². The van der Waals surface area contributed by atoms with Crippen molar-refractivity contribution in [2.45, 2.75) is 19.3 Å². The van der Waals surface area contributed by atoms with E-state index >= 15 is 0 Å². The Morgan fingerprint density at radius 2 is 1.93 bits per heavy atom. The predicted molar refractivity (Wildman–Crippen MR) is 112 cm³/mol. The third-order valence-corrected chi connectivity index (χ3v) is 7.61. The fraction of sp³-hybridized carbons (Fsp3) is 0.300. The fourth-order valence-electron chi connectivity index (χ4n) is 3.26. The van der Waals surface area contributed by atoms with Gasteiger partial charge in [0.1, 0.15) is 22.3 Å². The number of piperidine rings is 1. The van der Waals surface area contributed by atoms with Gasteiger partial charge >= 0.3 is 0 Å². The van der Waals surface area contributed by atoms with E-state index in [2.05, 4.69) is 15.0 Å². The van der Waals surface area contributed by atoms with Gasteiger partial charge in [0, 0.05) is 31.0 Å². The van der Waals surface area contributed by atoms with Crippen LogP contribution >= 0.6 is 11.3 Å². The molecule has 0 spiro atoms. The van der Waals surface area contributed by atoms with Crippen molar-refractivity contribution < 1.29 is 17.6 Å². The lowest BCUT2D eigenvalue weighted by molar-refractivity contribution is 0.101. The number of ketones is 1. The van der Waals surface area contributed by atoms with Crippen LogP contribution in [-0.2, 0) is 10.0 Å². The molecule has 1 fully saturated rings. The molecule has 0 radical (unpaired) electrons. The highest BCUT2D eigenvalue weighted by Gasteiger charge is 2.27. The highest BCUT2D eigenvalue weighted by Crippen LogP contribution is 2.31. The number of sulfonamides is 1. The van der Waals surface area contributed by atoms with Gasteiger partial charge in [0.25, 0.3) is 0 Å². The molecule has 0 aliphatic carbocycles. The van der Waals surface area contributed by atoms with Crippen molar-refractivity contribution >= 4 is 27.1 Å². The molecule has 4 heterocycles. The number of carbonyl (C=O) groups excluding carboxylic acids is 1. The molecule has 3 aromatic rings. The molecule has 1 saturated heterocycles. The van der Waals surface area contributed by atoms with E-state index in [1.807, 2.05) is 0 Å². The molecule has 0 amide bonds. The molecule has 30 heavy (non-hydrogen) atoms. The summed E-state index contributed by atoms with van der Waals surface area (Å²) in [4.78, 5) is 25.8. The number of hydrogen-bond acceptors (Lipinski definition) is 7. The summed E-state index contributed by atoms with van der Waals surface area (Å²) in [5.41, 5.74) is 1.14. The molecule has 0 atom stereocenters. The average molecular weight is 447 g/mol. The smallest absolute Gasteiger partial charge is 0.221 e. The van der Waals surface area contributed by atoms with Crippen LogP contribution in [0.4, 0.5) is 4.39 Å². The number of Topliss-reactive ketones (excluding diaryl/α,β-unsaturated/α-hetero) is 1. The van der Waals surface area contributed by atoms with Crippen LogP contribution in [0.15, 0.2) is 42.9 Å². The van der Waals surface area contributed by atoms with Gasteiger partial charge in [-0.1, -0.05) is 12.5 Å². The van der Waals surface area contributed by atoms with Crippen LogP contribution < -0.4 is 0 Å². The number of carbonyl (C=O) groups is 1. The molecule has 0 N–H and O–H groups in total. The van der Waals surface area contributed by atoms with Crippen molar-refractivity contribution in [3.63, 3.8) is 0 Å². The highest BCUT2D eigenvalue weighted by molar-refractivity contribution is 7.89. The number of nitrogens with zero attached hydrogens (tertiary/aromatic N) is 4. The predicted octanol–water partition coefficient (Wildman–Crippen LogP) is 3.40. The van der Waals surface area contributed by atoms with E-state index < -0.39 is 27.4 Å². The molecule has 0 saturated carbocycles. The topological polar surface area (TPSA) is 93.1 Å². The first-order chi connectivity index (χ1) is 14.4. The van der Waals surface area contributed by atoms with E-state index in [9.17, 15) is 17.6 Å². The zero-order chi connectivity index (χ0) is 21.1. The summed E-state index contributed by atoms with van der Waals surface area (Å²) < 4.78 is 39.9. The second kappa shape index (κ2) is 8.66. The first kappa shape index (κ1) is 20.7. The summed E-state index contributed by atoms with van der Waals surface area (Å²) in [6.07, 6.45) is 6.86. The molecular weight excluding hydrogens is 427 g/mol. The van der Waals surface area contributed by atoms with Gasteiger partial charge in [-0.05, 0) is 31.0 Å². The zero-order valence-electron chi connectivity index (χ0n) is 16.0. The van der Waals surface area contributed by atoms with Crippen LogP contribution in [0.25, 0.3) is 21.1 Å². The molecule has 0 unspecified atom stereocenters. The maximum Gasteiger partial charge on any atom is 0.221 e. The number of aromatic nitrogens is 3. The number of thiazole rings is 1. The average Bonchev–Trinajstić information content (AvgIpc) is 3.25. The van der Waals surface area contributed by atoms with Gasteiger partial charge in [0.15, 0.2) is 5.78 Å². The van der Waals surface area contributed by atoms with Crippen molar-refractivity contribution in [3.8, 4) is 21.1 Å². The lowest BCUT2D eigenvalue weighted by Gasteiger charge is -2.25. The minimum absolute atomic E-state index is 0.0930. The van der Waals surface area contributed by atoms with Gasteiger partial charge in [-0.2, -0.15) is 0 Å². The molecule has 1 aliphatic heterocycles. The molecule has 4 rings (SSSR count). The summed E-state index contributed by atoms with van der Waals surface area (Å²) in [5.74, 6) is -1.59. The normalized spacial score (nSPS) is 15.2. The van der Waals surface area contributed by atoms with Gasteiger partial charge in [0.2, 0.25) is 10.0 Å². The van der Waals surface area contributed by atoms with E-state index in [0.29, 0.717) is 34.2 Å². The van der Waals surface area contributed by atoms with Gasteiger partial charge in [-0.15, -0.1) is 11.3 Å². The molecule has 10 heteroatoms. The van der Waals surface area contributed by atoms with Gasteiger partial charge in [0.05, 0.1) is 16.8 Å². The standard InChI is InChI=1S/C20H19FN4O3S2/c21-15-9-14(10-22-11-15)20-23-12-19(29-20)17-6-4-5-16(24-17)18(26)13-30(27,28)25-7-2-1-3-8-25/h4-6,9-12H,1-3,7-8,13H2. The second-order valence-electron chi connectivity index (χ2n) is 6.97. The van der Waals surface area contributed by atoms with E-state index in [0.717, 1.165) is 25.5 Å². The molecule has 1 aliphatic rings. The lowest BCUT2D eigenvalue weighted by atomic mass is 10.2. The summed E-state index contributed by atoms with van der Waals surface area (Å²) in [6.45, 7) is 0.920. The maximum atomic E-state index is 13.4. The van der Waals surface area contributed by atoms with Crippen LogP contribution in [-0.4, -0.2) is 52.3 Å². The van der Waals surface area contributed by atoms with Crippen molar-refractivity contribution in [1.82, 2.24) is 19.3 Å². The Morgan fingerprint density at radius 3 is 2.70 bits per heavy atom. The summed E-state index contributed by atoms with van der Waals surface area (Å²) in [6, 6.07) is 6.23. The molecule has 0 bridgehead atoms. The third kappa shape index (κ3) is 4.61. The summed E-state index contributed by atoms with van der Waals surface area (Å²) >= 11 is 1.29. The van der Waals surface area contributed by atoms with Gasteiger partial charge < -0.3 is 0 Å². The van der Waals surface area contributed by atoms with Crippen LogP contribution in [0, 0.1) is 5.82 Å². The number of rotatable bonds is 6. The Labute approximate surface area is 177 Å². The van der Waals surface area contributed by atoms with Crippen molar-refractivity contribution in [2.24, 2.45) is 0 Å². The second-order valence-corrected chi connectivity index (χ2v) is 9.97. The number of halogens is 1. The Kier molecular flexibility index (Phi) is 5.98. The Bertz CT molecular complexity index is 1170. The largest absolute Gasteiger partial charge is 0.291 e. The number of hydrogen-bond donors (Lipinski definition) is 0. The Balaban J connectivity index is 1.53. The third-order valence-electron chi connectivity index (χ3n) is 4.77. The van der Waals surface area contributed by atoms with Crippen LogP contribution in [0.3, 0.4) is 0 Å². The van der Waals surface area contributed by atoms with Crippen molar-refractivity contribution in [2.75, 3.05) is 18.8 Å². The lowest BCUT2D eigenvalue weighted by Crippen LogP contribution is -2.39. The zero-order valence-corrected chi connectivity index (χ0v) is 17.6.